The second-order valence-electron chi connectivity index (χ2n) is 4.33. The van der Waals surface area contributed by atoms with Crippen LogP contribution in [0.25, 0.3) is 0 Å². The molecule has 0 aromatic heterocycles. The molecule has 0 saturated heterocycles. The minimum Gasteiger partial charge on any atom is -0.299 e. The summed E-state index contributed by atoms with van der Waals surface area (Å²) in [5.74, 6) is 0.968. The number of Topliss-reactive ketones (excluding diaryl/α,β-unsaturated/α-hetero) is 1. The number of carbonyl (C=O) groups excluding carboxylic acids is 1. The molecule has 2 aliphatic rings. The highest BCUT2D eigenvalue weighted by Crippen LogP contribution is 2.55. The molecule has 0 N–H and O–H groups in total. The summed E-state index contributed by atoms with van der Waals surface area (Å²) in [5.41, 5.74) is 1.28. The van der Waals surface area contributed by atoms with Gasteiger partial charge in [-0.25, -0.2) is 0 Å². The Balaban J connectivity index is 2.46. The van der Waals surface area contributed by atoms with Crippen molar-refractivity contribution in [2.24, 2.45) is 17.3 Å². The molecule has 2 saturated carbocycles. The van der Waals surface area contributed by atoms with Crippen molar-refractivity contribution in [2.75, 3.05) is 0 Å². The lowest BCUT2D eigenvalue weighted by Gasteiger charge is -2.30. The van der Waals surface area contributed by atoms with Crippen LogP contribution in [0, 0.1) is 17.3 Å². The summed E-state index contributed by atoms with van der Waals surface area (Å²) in [6.45, 7) is 8.32. The zero-order valence-electron chi connectivity index (χ0n) is 7.18. The van der Waals surface area contributed by atoms with Gasteiger partial charge in [0.05, 0.1) is 0 Å². The van der Waals surface area contributed by atoms with Gasteiger partial charge in [-0.3, -0.25) is 4.79 Å². The van der Waals surface area contributed by atoms with E-state index in [-0.39, 0.29) is 11.3 Å². The third-order valence-corrected chi connectivity index (χ3v) is 3.55. The summed E-state index contributed by atoms with van der Waals surface area (Å²) >= 11 is 0. The summed E-state index contributed by atoms with van der Waals surface area (Å²) in [5, 5.41) is 0. The molecule has 2 atom stereocenters. The smallest absolute Gasteiger partial charge is 0.143 e. The molecule has 1 heteroatoms. The van der Waals surface area contributed by atoms with Gasteiger partial charge in [0, 0.05) is 11.8 Å². The van der Waals surface area contributed by atoms with Gasteiger partial charge in [-0.05, 0) is 18.3 Å². The molecule has 2 bridgehead atoms. The van der Waals surface area contributed by atoms with E-state index in [9.17, 15) is 4.79 Å². The van der Waals surface area contributed by atoms with E-state index in [0.717, 1.165) is 12.8 Å². The van der Waals surface area contributed by atoms with Crippen molar-refractivity contribution >= 4 is 5.78 Å². The molecule has 0 aliphatic heterocycles. The minimum absolute atomic E-state index is 0.0972. The fourth-order valence-electron chi connectivity index (χ4n) is 2.60. The van der Waals surface area contributed by atoms with Crippen LogP contribution in [0.1, 0.15) is 26.7 Å². The normalized spacial score (nSPS) is 40.2. The van der Waals surface area contributed by atoms with Crippen LogP contribution in [0.2, 0.25) is 0 Å². The van der Waals surface area contributed by atoms with Gasteiger partial charge >= 0.3 is 0 Å². The molecular weight excluding hydrogens is 136 g/mol. The molecule has 2 unspecified atom stereocenters. The number of hydrogen-bond acceptors (Lipinski definition) is 1. The minimum atomic E-state index is 0.0972. The number of hydrogen-bond donors (Lipinski definition) is 0. The van der Waals surface area contributed by atoms with Crippen LogP contribution in [-0.4, -0.2) is 5.78 Å². The quantitative estimate of drug-likeness (QED) is 0.484. The van der Waals surface area contributed by atoms with Gasteiger partial charge in [-0.2, -0.15) is 0 Å². The second-order valence-corrected chi connectivity index (χ2v) is 4.33. The van der Waals surface area contributed by atoms with Crippen molar-refractivity contribution in [3.05, 3.63) is 12.2 Å². The molecule has 2 aliphatic carbocycles. The van der Waals surface area contributed by atoms with E-state index < -0.39 is 0 Å². The van der Waals surface area contributed by atoms with Crippen molar-refractivity contribution in [1.29, 1.82) is 0 Å². The Hall–Kier alpha value is -0.590. The molecular formula is C10H14O. The SMILES string of the molecule is C=C1C2CCC(C2=O)C1(C)C. The van der Waals surface area contributed by atoms with Gasteiger partial charge in [0.25, 0.3) is 0 Å². The van der Waals surface area contributed by atoms with Crippen LogP contribution in [0.15, 0.2) is 12.2 Å². The summed E-state index contributed by atoms with van der Waals surface area (Å²) in [7, 11) is 0. The Bertz CT molecular complexity index is 237. The first kappa shape index (κ1) is 7.08. The Morgan fingerprint density at radius 2 is 2.09 bits per heavy atom. The number of carbonyl (C=O) groups is 1. The third kappa shape index (κ3) is 0.640. The van der Waals surface area contributed by atoms with Crippen LogP contribution >= 0.6 is 0 Å². The van der Waals surface area contributed by atoms with Crippen molar-refractivity contribution in [2.45, 2.75) is 26.7 Å². The molecule has 2 fully saturated rings. The zero-order valence-corrected chi connectivity index (χ0v) is 7.18. The molecule has 11 heavy (non-hydrogen) atoms. The Morgan fingerprint density at radius 1 is 1.45 bits per heavy atom. The number of ketones is 1. The lowest BCUT2D eigenvalue weighted by molar-refractivity contribution is -0.122. The summed E-state index contributed by atoms with van der Waals surface area (Å²) in [6, 6.07) is 0. The fourth-order valence-corrected chi connectivity index (χ4v) is 2.60. The Kier molecular flexibility index (Phi) is 1.14. The molecule has 0 aromatic rings. The van der Waals surface area contributed by atoms with Gasteiger partial charge < -0.3 is 0 Å². The number of rotatable bonds is 0. The molecule has 2 rings (SSSR count). The van der Waals surface area contributed by atoms with E-state index in [4.69, 9.17) is 0 Å². The van der Waals surface area contributed by atoms with E-state index in [0.29, 0.717) is 11.7 Å². The average Bonchev–Trinajstić information content (AvgIpc) is 2.34. The average molecular weight is 150 g/mol. The van der Waals surface area contributed by atoms with Crippen molar-refractivity contribution in [1.82, 2.24) is 0 Å². The van der Waals surface area contributed by atoms with Crippen molar-refractivity contribution in [3.8, 4) is 0 Å². The second kappa shape index (κ2) is 1.77. The van der Waals surface area contributed by atoms with Gasteiger partial charge in [0.2, 0.25) is 0 Å². The zero-order chi connectivity index (χ0) is 8.22. The predicted molar refractivity (Wildman–Crippen MR) is 44.1 cm³/mol. The molecule has 0 heterocycles. The summed E-state index contributed by atoms with van der Waals surface area (Å²) < 4.78 is 0. The van der Waals surface area contributed by atoms with Gasteiger partial charge in [-0.15, -0.1) is 0 Å². The van der Waals surface area contributed by atoms with E-state index in [1.165, 1.54) is 5.57 Å². The number of fused-ring (bicyclic) bond motifs is 2. The van der Waals surface area contributed by atoms with E-state index in [1.54, 1.807) is 0 Å². The monoisotopic (exact) mass is 150 g/mol. The fraction of sp³-hybridized carbons (Fsp3) is 0.700. The van der Waals surface area contributed by atoms with Crippen molar-refractivity contribution in [3.63, 3.8) is 0 Å². The number of allylic oxidation sites excluding steroid dienone is 1. The Morgan fingerprint density at radius 3 is 2.36 bits per heavy atom. The molecule has 0 amide bonds. The van der Waals surface area contributed by atoms with Crippen molar-refractivity contribution < 1.29 is 4.79 Å². The van der Waals surface area contributed by atoms with Crippen LogP contribution in [0.4, 0.5) is 0 Å². The largest absolute Gasteiger partial charge is 0.299 e. The molecule has 0 aromatic carbocycles. The first-order chi connectivity index (χ1) is 5.05. The third-order valence-electron chi connectivity index (χ3n) is 3.55. The lowest BCUT2D eigenvalue weighted by atomic mass is 9.73. The molecule has 0 spiro atoms. The maximum absolute atomic E-state index is 11.5. The maximum Gasteiger partial charge on any atom is 0.143 e. The van der Waals surface area contributed by atoms with Gasteiger partial charge in [0.1, 0.15) is 5.78 Å². The van der Waals surface area contributed by atoms with Crippen LogP contribution < -0.4 is 0 Å². The lowest BCUT2D eigenvalue weighted by Crippen LogP contribution is -2.22. The highest BCUT2D eigenvalue weighted by atomic mass is 16.1. The van der Waals surface area contributed by atoms with Crippen LogP contribution in [0.3, 0.4) is 0 Å². The summed E-state index contributed by atoms with van der Waals surface area (Å²) in [4.78, 5) is 11.5. The van der Waals surface area contributed by atoms with Gasteiger partial charge in [-0.1, -0.05) is 26.0 Å². The topological polar surface area (TPSA) is 17.1 Å². The summed E-state index contributed by atoms with van der Waals surface area (Å²) in [6.07, 6.45) is 2.15. The van der Waals surface area contributed by atoms with E-state index in [1.807, 2.05) is 0 Å². The molecule has 0 radical (unpaired) electrons. The standard InChI is InChI=1S/C10H14O/c1-6-7-4-5-8(9(7)11)10(6,2)3/h7-8H,1,4-5H2,2-3H3. The first-order valence-electron chi connectivity index (χ1n) is 4.28. The van der Waals surface area contributed by atoms with Crippen LogP contribution in [0.5, 0.6) is 0 Å². The maximum atomic E-state index is 11.5. The van der Waals surface area contributed by atoms with Gasteiger partial charge in [0.15, 0.2) is 0 Å². The highest BCUT2D eigenvalue weighted by Gasteiger charge is 2.54. The molecule has 60 valence electrons. The van der Waals surface area contributed by atoms with Crippen LogP contribution in [-0.2, 0) is 4.79 Å². The predicted octanol–water partition coefficient (Wildman–Crippen LogP) is 2.18. The van der Waals surface area contributed by atoms with E-state index in [2.05, 4.69) is 20.4 Å². The molecule has 1 nitrogen and oxygen atoms in total. The Labute approximate surface area is 67.5 Å². The highest BCUT2D eigenvalue weighted by molar-refractivity contribution is 5.92. The first-order valence-corrected chi connectivity index (χ1v) is 4.28. The van der Waals surface area contributed by atoms with E-state index >= 15 is 0 Å².